The van der Waals surface area contributed by atoms with Crippen LogP contribution >= 0.6 is 24.0 Å². The maximum atomic E-state index is 11.3. The van der Waals surface area contributed by atoms with Gasteiger partial charge in [-0.3, -0.25) is 0 Å². The molecule has 1 rings (SSSR count). The summed E-state index contributed by atoms with van der Waals surface area (Å²) in [5, 5.41) is 3.25. The number of thioether (sulfide) groups is 1. The monoisotopic (exact) mass is 282 g/mol. The number of nitrogens with one attached hydrogen (secondary N) is 1. The van der Waals surface area contributed by atoms with E-state index < -0.39 is 9.84 Å². The molecular weight excluding hydrogens is 264 g/mol. The van der Waals surface area contributed by atoms with Gasteiger partial charge in [0.25, 0.3) is 0 Å². The first kappa shape index (κ1) is 14.2. The predicted molar refractivity (Wildman–Crippen MR) is 73.8 cm³/mol. The first-order valence-corrected chi connectivity index (χ1v) is 8.59. The zero-order valence-electron chi connectivity index (χ0n) is 9.44. The number of sulfone groups is 1. The largest absolute Gasteiger partial charge is 0.355 e. The molecule has 0 spiro atoms. The van der Waals surface area contributed by atoms with E-state index >= 15 is 0 Å². The van der Waals surface area contributed by atoms with Gasteiger partial charge in [-0.1, -0.05) is 30.9 Å². The van der Waals surface area contributed by atoms with Crippen molar-refractivity contribution in [1.82, 2.24) is 10.2 Å². The highest BCUT2D eigenvalue weighted by Gasteiger charge is 2.14. The molecule has 0 atom stereocenters. The summed E-state index contributed by atoms with van der Waals surface area (Å²) in [5.41, 5.74) is 0. The maximum absolute atomic E-state index is 11.3. The first-order valence-electron chi connectivity index (χ1n) is 5.38. The Kier molecular flexibility index (Phi) is 6.02. The Labute approximate surface area is 107 Å². The highest BCUT2D eigenvalue weighted by molar-refractivity contribution is 8.23. The number of hydrogen-bond donors (Lipinski definition) is 1. The van der Waals surface area contributed by atoms with E-state index in [1.807, 2.05) is 0 Å². The molecule has 0 radical (unpaired) electrons. The molecule has 0 aromatic carbocycles. The number of piperazine rings is 1. The normalized spacial score (nSPS) is 17.4. The Bertz CT molecular complexity index is 324. The molecule has 16 heavy (non-hydrogen) atoms. The van der Waals surface area contributed by atoms with Crippen molar-refractivity contribution in [2.75, 3.05) is 43.4 Å². The first-order chi connectivity index (χ1) is 7.55. The Morgan fingerprint density at radius 1 is 1.44 bits per heavy atom. The van der Waals surface area contributed by atoms with Gasteiger partial charge in [-0.15, -0.1) is 0 Å². The van der Waals surface area contributed by atoms with Crippen LogP contribution in [0.4, 0.5) is 0 Å². The van der Waals surface area contributed by atoms with Gasteiger partial charge < -0.3 is 10.2 Å². The smallest absolute Gasteiger partial charge is 0.150 e. The van der Waals surface area contributed by atoms with E-state index in [0.717, 1.165) is 30.5 Å². The van der Waals surface area contributed by atoms with Gasteiger partial charge in [-0.2, -0.15) is 0 Å². The second-order valence-corrected chi connectivity index (χ2v) is 7.79. The van der Waals surface area contributed by atoms with Gasteiger partial charge in [0, 0.05) is 37.7 Å². The minimum absolute atomic E-state index is 0.216. The SMILES string of the molecule is CCS(=O)(=O)CCSC(=S)N1CCNCC1. The lowest BCUT2D eigenvalue weighted by Crippen LogP contribution is -2.45. The lowest BCUT2D eigenvalue weighted by atomic mass is 10.4. The third-order valence-corrected chi connectivity index (χ3v) is 5.92. The van der Waals surface area contributed by atoms with Crippen LogP contribution in [0.1, 0.15) is 6.92 Å². The van der Waals surface area contributed by atoms with Crippen LogP contribution in [-0.2, 0) is 9.84 Å². The van der Waals surface area contributed by atoms with Crippen molar-refractivity contribution < 1.29 is 8.42 Å². The van der Waals surface area contributed by atoms with Crippen LogP contribution in [0.25, 0.3) is 0 Å². The lowest BCUT2D eigenvalue weighted by Gasteiger charge is -2.29. The second-order valence-electron chi connectivity index (χ2n) is 3.59. The lowest BCUT2D eigenvalue weighted by molar-refractivity contribution is 0.368. The molecule has 1 N–H and O–H groups in total. The summed E-state index contributed by atoms with van der Waals surface area (Å²) in [4.78, 5) is 2.13. The van der Waals surface area contributed by atoms with Crippen LogP contribution < -0.4 is 5.32 Å². The Morgan fingerprint density at radius 2 is 2.06 bits per heavy atom. The van der Waals surface area contributed by atoms with Crippen LogP contribution in [0.2, 0.25) is 0 Å². The summed E-state index contributed by atoms with van der Waals surface area (Å²) < 4.78 is 23.4. The molecule has 7 heteroatoms. The zero-order chi connectivity index (χ0) is 12.0. The van der Waals surface area contributed by atoms with E-state index in [0.29, 0.717) is 5.75 Å². The summed E-state index contributed by atoms with van der Waals surface area (Å²) in [6.45, 7) is 5.43. The van der Waals surface area contributed by atoms with Crippen molar-refractivity contribution in [3.05, 3.63) is 0 Å². The average Bonchev–Trinajstić information content (AvgIpc) is 2.30. The van der Waals surface area contributed by atoms with Crippen molar-refractivity contribution in [2.24, 2.45) is 0 Å². The Balaban J connectivity index is 2.24. The summed E-state index contributed by atoms with van der Waals surface area (Å²) >= 11 is 6.74. The quantitative estimate of drug-likeness (QED) is 0.751. The molecule has 1 aliphatic heterocycles. The van der Waals surface area contributed by atoms with Crippen molar-refractivity contribution >= 4 is 38.1 Å². The molecule has 1 heterocycles. The summed E-state index contributed by atoms with van der Waals surface area (Å²) in [6, 6.07) is 0. The summed E-state index contributed by atoms with van der Waals surface area (Å²) in [7, 11) is -2.86. The molecule has 4 nitrogen and oxygen atoms in total. The third kappa shape index (κ3) is 4.99. The van der Waals surface area contributed by atoms with E-state index in [2.05, 4.69) is 10.2 Å². The van der Waals surface area contributed by atoms with Gasteiger partial charge in [0.1, 0.15) is 4.32 Å². The molecule has 0 saturated carbocycles. The van der Waals surface area contributed by atoms with Gasteiger partial charge in [0.05, 0.1) is 5.75 Å². The minimum Gasteiger partial charge on any atom is -0.355 e. The van der Waals surface area contributed by atoms with E-state index in [-0.39, 0.29) is 11.5 Å². The standard InChI is InChI=1S/C9H18N2O2S3/c1-2-16(12,13)8-7-15-9(14)11-5-3-10-4-6-11/h10H,2-8H2,1H3. The van der Waals surface area contributed by atoms with Crippen molar-refractivity contribution in [2.45, 2.75) is 6.92 Å². The Morgan fingerprint density at radius 3 is 2.62 bits per heavy atom. The maximum Gasteiger partial charge on any atom is 0.150 e. The summed E-state index contributed by atoms with van der Waals surface area (Å²) in [6.07, 6.45) is 0. The van der Waals surface area contributed by atoms with Crippen LogP contribution in [0.3, 0.4) is 0 Å². The fourth-order valence-corrected chi connectivity index (χ4v) is 3.95. The van der Waals surface area contributed by atoms with Crippen molar-refractivity contribution in [3.63, 3.8) is 0 Å². The molecule has 0 bridgehead atoms. The van der Waals surface area contributed by atoms with Gasteiger partial charge in [0.2, 0.25) is 0 Å². The minimum atomic E-state index is -2.86. The molecule has 0 aromatic rings. The average molecular weight is 282 g/mol. The van der Waals surface area contributed by atoms with E-state index in [4.69, 9.17) is 12.2 Å². The number of hydrogen-bond acceptors (Lipinski definition) is 5. The molecule has 0 amide bonds. The van der Waals surface area contributed by atoms with E-state index in [9.17, 15) is 8.42 Å². The van der Waals surface area contributed by atoms with Crippen LogP contribution in [-0.4, -0.2) is 61.1 Å². The fourth-order valence-electron chi connectivity index (χ4n) is 1.34. The molecule has 0 aromatic heterocycles. The third-order valence-electron chi connectivity index (χ3n) is 2.43. The topological polar surface area (TPSA) is 49.4 Å². The van der Waals surface area contributed by atoms with Gasteiger partial charge in [0.15, 0.2) is 9.84 Å². The molecule has 94 valence electrons. The van der Waals surface area contributed by atoms with Crippen molar-refractivity contribution in [1.29, 1.82) is 0 Å². The highest BCUT2D eigenvalue weighted by atomic mass is 32.2. The van der Waals surface area contributed by atoms with Gasteiger partial charge >= 0.3 is 0 Å². The van der Waals surface area contributed by atoms with Gasteiger partial charge in [-0.05, 0) is 0 Å². The van der Waals surface area contributed by atoms with E-state index in [1.54, 1.807) is 6.92 Å². The predicted octanol–water partition coefficient (Wildman–Crippen LogP) is 0.344. The number of rotatable bonds is 4. The van der Waals surface area contributed by atoms with Crippen molar-refractivity contribution in [3.8, 4) is 0 Å². The molecule has 0 aliphatic carbocycles. The van der Waals surface area contributed by atoms with Gasteiger partial charge in [-0.25, -0.2) is 8.42 Å². The number of thiocarbonyl (C=S) groups is 1. The van der Waals surface area contributed by atoms with Crippen LogP contribution in [0.5, 0.6) is 0 Å². The van der Waals surface area contributed by atoms with E-state index in [1.165, 1.54) is 11.8 Å². The molecule has 1 aliphatic rings. The molecule has 0 unspecified atom stereocenters. The highest BCUT2D eigenvalue weighted by Crippen LogP contribution is 2.11. The molecular formula is C9H18N2O2S3. The molecule has 1 fully saturated rings. The zero-order valence-corrected chi connectivity index (χ0v) is 11.9. The fraction of sp³-hybridized carbons (Fsp3) is 0.889. The molecule has 1 saturated heterocycles. The second kappa shape index (κ2) is 6.78. The number of nitrogens with zero attached hydrogens (tertiary/aromatic N) is 1. The Hall–Kier alpha value is 0.150. The van der Waals surface area contributed by atoms with Crippen LogP contribution in [0.15, 0.2) is 0 Å². The summed E-state index contributed by atoms with van der Waals surface area (Å²) in [5.74, 6) is 1.01. The van der Waals surface area contributed by atoms with Crippen LogP contribution in [0, 0.1) is 0 Å².